The summed E-state index contributed by atoms with van der Waals surface area (Å²) in [5.41, 5.74) is -0.767. The van der Waals surface area contributed by atoms with Gasteiger partial charge in [0.15, 0.2) is 0 Å². The van der Waals surface area contributed by atoms with E-state index in [1.807, 2.05) is 11.0 Å². The lowest BCUT2D eigenvalue weighted by Crippen LogP contribution is -2.61. The Morgan fingerprint density at radius 3 is 2.75 bits per heavy atom. The van der Waals surface area contributed by atoms with E-state index in [1.54, 1.807) is 0 Å². The zero-order valence-electron chi connectivity index (χ0n) is 6.76. The van der Waals surface area contributed by atoms with Crippen LogP contribution in [0, 0.1) is 11.3 Å². The smallest absolute Gasteiger partial charge is 0.103 e. The molecule has 1 N–H and O–H groups in total. The van der Waals surface area contributed by atoms with E-state index in [2.05, 4.69) is 22.5 Å². The van der Waals surface area contributed by atoms with Gasteiger partial charge in [0.1, 0.15) is 5.60 Å². The standard InChI is InChI=1S/C8H11BrN2O/c1-7(9)4-11-5-8(12,6-11)2-3-10/h12H,1-2,4-6H2. The Balaban J connectivity index is 2.28. The Hall–Kier alpha value is -0.370. The van der Waals surface area contributed by atoms with Gasteiger partial charge in [-0.1, -0.05) is 22.5 Å². The van der Waals surface area contributed by atoms with Crippen LogP contribution in [0.4, 0.5) is 0 Å². The van der Waals surface area contributed by atoms with Gasteiger partial charge in [0, 0.05) is 24.1 Å². The van der Waals surface area contributed by atoms with Crippen molar-refractivity contribution >= 4 is 15.9 Å². The van der Waals surface area contributed by atoms with E-state index in [1.165, 1.54) is 0 Å². The van der Waals surface area contributed by atoms with Crippen molar-refractivity contribution in [2.75, 3.05) is 19.6 Å². The predicted molar refractivity (Wildman–Crippen MR) is 49.7 cm³/mol. The topological polar surface area (TPSA) is 47.3 Å². The van der Waals surface area contributed by atoms with Crippen LogP contribution in [0.3, 0.4) is 0 Å². The van der Waals surface area contributed by atoms with Gasteiger partial charge in [0.25, 0.3) is 0 Å². The second-order valence-electron chi connectivity index (χ2n) is 3.22. The molecule has 3 nitrogen and oxygen atoms in total. The Labute approximate surface area is 80.4 Å². The summed E-state index contributed by atoms with van der Waals surface area (Å²) in [5, 5.41) is 18.0. The minimum Gasteiger partial charge on any atom is -0.386 e. The maximum atomic E-state index is 9.58. The van der Waals surface area contributed by atoms with Crippen LogP contribution in [0.1, 0.15) is 6.42 Å². The van der Waals surface area contributed by atoms with Crippen molar-refractivity contribution in [1.29, 1.82) is 5.26 Å². The van der Waals surface area contributed by atoms with Gasteiger partial charge in [-0.05, 0) is 0 Å². The van der Waals surface area contributed by atoms with E-state index in [0.717, 1.165) is 11.0 Å². The molecule has 1 rings (SSSR count). The van der Waals surface area contributed by atoms with Crippen molar-refractivity contribution in [2.45, 2.75) is 12.0 Å². The van der Waals surface area contributed by atoms with E-state index in [-0.39, 0.29) is 6.42 Å². The number of rotatable bonds is 3. The SMILES string of the molecule is C=C(Br)CN1CC(O)(CC#N)C1. The molecule has 0 aliphatic carbocycles. The second kappa shape index (κ2) is 3.56. The van der Waals surface area contributed by atoms with E-state index in [4.69, 9.17) is 5.26 Å². The number of hydrogen-bond donors (Lipinski definition) is 1. The highest BCUT2D eigenvalue weighted by Gasteiger charge is 2.40. The predicted octanol–water partition coefficient (Wildman–Crippen LogP) is 0.855. The van der Waals surface area contributed by atoms with E-state index >= 15 is 0 Å². The van der Waals surface area contributed by atoms with Crippen molar-refractivity contribution in [3.63, 3.8) is 0 Å². The van der Waals surface area contributed by atoms with Gasteiger partial charge >= 0.3 is 0 Å². The van der Waals surface area contributed by atoms with E-state index in [9.17, 15) is 5.11 Å². The number of halogens is 1. The fourth-order valence-electron chi connectivity index (χ4n) is 1.40. The monoisotopic (exact) mass is 230 g/mol. The summed E-state index contributed by atoms with van der Waals surface area (Å²) >= 11 is 3.24. The van der Waals surface area contributed by atoms with Gasteiger partial charge in [-0.2, -0.15) is 5.26 Å². The molecule has 0 spiro atoms. The Morgan fingerprint density at radius 1 is 1.75 bits per heavy atom. The van der Waals surface area contributed by atoms with Gasteiger partial charge in [0.2, 0.25) is 0 Å². The third-order valence-electron chi connectivity index (χ3n) is 1.84. The Kier molecular flexibility index (Phi) is 2.89. The zero-order valence-corrected chi connectivity index (χ0v) is 8.34. The first-order chi connectivity index (χ1) is 5.56. The molecule has 0 bridgehead atoms. The highest BCUT2D eigenvalue weighted by molar-refractivity contribution is 9.11. The third-order valence-corrected chi connectivity index (χ3v) is 2.09. The van der Waals surface area contributed by atoms with E-state index < -0.39 is 5.60 Å². The van der Waals surface area contributed by atoms with Crippen molar-refractivity contribution < 1.29 is 5.11 Å². The summed E-state index contributed by atoms with van der Waals surface area (Å²) in [7, 11) is 0. The lowest BCUT2D eigenvalue weighted by atomic mass is 9.91. The maximum absolute atomic E-state index is 9.58. The molecule has 1 saturated heterocycles. The molecule has 0 radical (unpaired) electrons. The first-order valence-corrected chi connectivity index (χ1v) is 4.50. The van der Waals surface area contributed by atoms with Crippen LogP contribution in [0.5, 0.6) is 0 Å². The van der Waals surface area contributed by atoms with Crippen LogP contribution >= 0.6 is 15.9 Å². The van der Waals surface area contributed by atoms with Crippen LogP contribution in [-0.2, 0) is 0 Å². The van der Waals surface area contributed by atoms with Crippen molar-refractivity contribution in [3.05, 3.63) is 11.1 Å². The molecule has 1 aliphatic rings. The number of likely N-dealkylation sites (tertiary alicyclic amines) is 1. The minimum atomic E-state index is -0.767. The molecule has 4 heteroatoms. The summed E-state index contributed by atoms with van der Waals surface area (Å²) < 4.78 is 0.904. The molecule has 0 aromatic carbocycles. The second-order valence-corrected chi connectivity index (χ2v) is 4.34. The van der Waals surface area contributed by atoms with Crippen molar-refractivity contribution in [2.24, 2.45) is 0 Å². The first-order valence-electron chi connectivity index (χ1n) is 3.71. The molecule has 1 fully saturated rings. The normalized spacial score (nSPS) is 21.1. The molecule has 0 unspecified atom stereocenters. The summed E-state index contributed by atoms with van der Waals surface area (Å²) in [5.74, 6) is 0. The van der Waals surface area contributed by atoms with Gasteiger partial charge in [0.05, 0.1) is 12.5 Å². The molecule has 0 amide bonds. The molecule has 0 saturated carbocycles. The Morgan fingerprint density at radius 2 is 2.33 bits per heavy atom. The third kappa shape index (κ3) is 2.31. The lowest BCUT2D eigenvalue weighted by Gasteiger charge is -2.45. The van der Waals surface area contributed by atoms with Crippen molar-refractivity contribution in [1.82, 2.24) is 4.90 Å². The number of nitrogens with zero attached hydrogens (tertiary/aromatic N) is 2. The maximum Gasteiger partial charge on any atom is 0.103 e. The number of aliphatic hydroxyl groups is 1. The molecule has 0 atom stereocenters. The summed E-state index contributed by atoms with van der Waals surface area (Å²) in [6.45, 7) is 5.59. The van der Waals surface area contributed by atoms with Crippen LogP contribution in [0.2, 0.25) is 0 Å². The summed E-state index contributed by atoms with van der Waals surface area (Å²) in [6.07, 6.45) is 0.220. The average Bonchev–Trinajstić information content (AvgIpc) is 1.83. The van der Waals surface area contributed by atoms with Gasteiger partial charge in [-0.25, -0.2) is 0 Å². The summed E-state index contributed by atoms with van der Waals surface area (Å²) in [6, 6.07) is 1.97. The van der Waals surface area contributed by atoms with E-state index in [0.29, 0.717) is 13.1 Å². The van der Waals surface area contributed by atoms with Crippen molar-refractivity contribution in [3.8, 4) is 6.07 Å². The first kappa shape index (κ1) is 9.72. The van der Waals surface area contributed by atoms with Crippen LogP contribution in [-0.4, -0.2) is 35.2 Å². The highest BCUT2D eigenvalue weighted by Crippen LogP contribution is 2.25. The van der Waals surface area contributed by atoms with Gasteiger partial charge < -0.3 is 5.11 Å². The fourth-order valence-corrected chi connectivity index (χ4v) is 1.75. The number of hydrogen-bond acceptors (Lipinski definition) is 3. The van der Waals surface area contributed by atoms with Gasteiger partial charge in [-0.3, -0.25) is 4.90 Å². The molecule has 0 aromatic heterocycles. The molecule has 1 heterocycles. The van der Waals surface area contributed by atoms with Gasteiger partial charge in [-0.15, -0.1) is 0 Å². The highest BCUT2D eigenvalue weighted by atomic mass is 79.9. The summed E-state index contributed by atoms with van der Waals surface area (Å²) in [4.78, 5) is 2.04. The molecule has 66 valence electrons. The zero-order chi connectivity index (χ0) is 9.19. The number of β-amino-alcohol motifs (C(OH)–C–C–N with tert-alkyl or cyclic N) is 1. The lowest BCUT2D eigenvalue weighted by molar-refractivity contribution is -0.0887. The molecule has 0 aromatic rings. The quantitative estimate of drug-likeness (QED) is 0.783. The largest absolute Gasteiger partial charge is 0.386 e. The Bertz CT molecular complexity index is 228. The minimum absolute atomic E-state index is 0.220. The van der Waals surface area contributed by atoms with Crippen LogP contribution < -0.4 is 0 Å². The average molecular weight is 231 g/mol. The van der Waals surface area contributed by atoms with Crippen LogP contribution in [0.15, 0.2) is 11.1 Å². The van der Waals surface area contributed by atoms with Crippen LogP contribution in [0.25, 0.3) is 0 Å². The number of nitriles is 1. The molecule has 12 heavy (non-hydrogen) atoms. The molecular weight excluding hydrogens is 220 g/mol. The molecule has 1 aliphatic heterocycles. The fraction of sp³-hybridized carbons (Fsp3) is 0.625. The molecular formula is C8H11BrN2O.